The van der Waals surface area contributed by atoms with Crippen molar-refractivity contribution in [1.82, 2.24) is 0 Å². The van der Waals surface area contributed by atoms with Crippen LogP contribution in [0.15, 0.2) is 0 Å². The normalized spacial score (nSPS) is 13.5. The summed E-state index contributed by atoms with van der Waals surface area (Å²) in [5.41, 5.74) is -1.99. The molecule has 0 aromatic heterocycles. The minimum atomic E-state index is -1.99. The molecule has 68 valence electrons. The first kappa shape index (κ1) is 12.1. The fraction of sp³-hybridized carbons (Fsp3) is 1.00. The van der Waals surface area contributed by atoms with Gasteiger partial charge in [-0.05, 0) is 11.8 Å². The monoisotopic (exact) mass is 230 g/mol. The molecule has 0 aromatic rings. The first-order valence-corrected chi connectivity index (χ1v) is 11.5. The van der Waals surface area contributed by atoms with Gasteiger partial charge in [-0.1, -0.05) is 30.5 Å². The van der Waals surface area contributed by atoms with E-state index in [1.807, 2.05) is 0 Å². The molecule has 0 aliphatic rings. The molecule has 0 heterocycles. The van der Waals surface area contributed by atoms with Gasteiger partial charge in [0.2, 0.25) is 5.69 Å². The van der Waals surface area contributed by atoms with Gasteiger partial charge in [-0.3, -0.25) is 0 Å². The third-order valence-electron chi connectivity index (χ3n) is 0.833. The molecular formula is C5H15O2PS2Si. The molecule has 0 radical (unpaired) electrons. The summed E-state index contributed by atoms with van der Waals surface area (Å²) in [6, 6.07) is 0. The number of rotatable bonds is 4. The summed E-state index contributed by atoms with van der Waals surface area (Å²) in [5, 5.41) is 0. The Kier molecular flexibility index (Phi) is 4.85. The SMILES string of the molecule is COP(=S)(OC)S[Si](C)(C)C. The maximum absolute atomic E-state index is 5.22. The average molecular weight is 230 g/mol. The lowest BCUT2D eigenvalue weighted by molar-refractivity contribution is 0.354. The highest BCUT2D eigenvalue weighted by Crippen LogP contribution is 2.63. The molecule has 0 amide bonds. The molecule has 0 bridgehead atoms. The lowest BCUT2D eigenvalue weighted by Crippen LogP contribution is -2.13. The third-order valence-corrected chi connectivity index (χ3v) is 15.6. The topological polar surface area (TPSA) is 18.5 Å². The van der Waals surface area contributed by atoms with E-state index in [0.717, 1.165) is 0 Å². The zero-order chi connectivity index (χ0) is 9.12. The van der Waals surface area contributed by atoms with Crippen molar-refractivity contribution < 1.29 is 9.05 Å². The molecule has 0 saturated carbocycles. The standard InChI is InChI=1S/C5H15O2PS2Si/c1-6-8(9,7-2)10-11(3,4)5/h1-5H3. The Balaban J connectivity index is 4.21. The van der Waals surface area contributed by atoms with Crippen molar-refractivity contribution in [2.24, 2.45) is 0 Å². The summed E-state index contributed by atoms with van der Waals surface area (Å²) in [4.78, 5) is 0. The quantitative estimate of drug-likeness (QED) is 0.545. The fourth-order valence-corrected chi connectivity index (χ4v) is 17.3. The van der Waals surface area contributed by atoms with E-state index in [1.165, 1.54) is 0 Å². The predicted octanol–water partition coefficient (Wildman–Crippen LogP) is 3.07. The van der Waals surface area contributed by atoms with Crippen LogP contribution in [0.2, 0.25) is 19.6 Å². The Morgan fingerprint density at radius 1 is 1.18 bits per heavy atom. The van der Waals surface area contributed by atoms with Crippen LogP contribution in [-0.2, 0) is 20.9 Å². The smallest absolute Gasteiger partial charge is 0.241 e. The van der Waals surface area contributed by atoms with E-state index in [9.17, 15) is 0 Å². The molecule has 0 aliphatic heterocycles. The molecule has 0 aliphatic carbocycles. The molecule has 0 aromatic carbocycles. The van der Waals surface area contributed by atoms with Crippen LogP contribution >= 0.6 is 16.5 Å². The maximum Gasteiger partial charge on any atom is 0.241 e. The van der Waals surface area contributed by atoms with Crippen LogP contribution in [-0.4, -0.2) is 21.4 Å². The van der Waals surface area contributed by atoms with Crippen molar-refractivity contribution in [1.29, 1.82) is 0 Å². The second kappa shape index (κ2) is 4.39. The maximum atomic E-state index is 5.22. The lowest BCUT2D eigenvalue weighted by Gasteiger charge is -2.24. The van der Waals surface area contributed by atoms with Crippen LogP contribution in [0.1, 0.15) is 0 Å². The van der Waals surface area contributed by atoms with Gasteiger partial charge in [0.15, 0.2) is 0 Å². The lowest BCUT2D eigenvalue weighted by atomic mass is 11.8. The van der Waals surface area contributed by atoms with Gasteiger partial charge in [0, 0.05) is 14.2 Å². The van der Waals surface area contributed by atoms with Gasteiger partial charge in [0.05, 0.1) is 0 Å². The molecule has 0 saturated heterocycles. The molecular weight excluding hydrogens is 215 g/mol. The minimum absolute atomic E-state index is 1.22. The van der Waals surface area contributed by atoms with E-state index in [-0.39, 0.29) is 0 Å². The first-order chi connectivity index (χ1) is 4.83. The molecule has 11 heavy (non-hydrogen) atoms. The molecule has 0 spiro atoms. The largest absolute Gasteiger partial charge is 0.325 e. The summed E-state index contributed by atoms with van der Waals surface area (Å²) in [7, 11) is 3.75. The Morgan fingerprint density at radius 3 is 1.64 bits per heavy atom. The van der Waals surface area contributed by atoms with Crippen LogP contribution in [0.5, 0.6) is 0 Å². The van der Waals surface area contributed by atoms with Crippen LogP contribution in [0.4, 0.5) is 0 Å². The molecule has 0 N–H and O–H groups in total. The van der Waals surface area contributed by atoms with Crippen molar-refractivity contribution >= 4 is 35.6 Å². The zero-order valence-corrected chi connectivity index (χ0v) is 11.1. The first-order valence-electron chi connectivity index (χ1n) is 3.25. The van der Waals surface area contributed by atoms with Gasteiger partial charge in [0.25, 0.3) is 0 Å². The van der Waals surface area contributed by atoms with Gasteiger partial charge >= 0.3 is 0 Å². The van der Waals surface area contributed by atoms with E-state index >= 15 is 0 Å². The van der Waals surface area contributed by atoms with Gasteiger partial charge < -0.3 is 9.05 Å². The minimum Gasteiger partial charge on any atom is -0.325 e. The van der Waals surface area contributed by atoms with Gasteiger partial charge in [-0.25, -0.2) is 0 Å². The van der Waals surface area contributed by atoms with Crippen molar-refractivity contribution in [3.63, 3.8) is 0 Å². The summed E-state index contributed by atoms with van der Waals surface area (Å²) in [5.74, 6) is 0. The highest BCUT2D eigenvalue weighted by Gasteiger charge is 2.26. The predicted molar refractivity (Wildman–Crippen MR) is 59.2 cm³/mol. The molecule has 0 fully saturated rings. The average Bonchev–Trinajstić information content (AvgIpc) is 1.84. The molecule has 6 heteroatoms. The third kappa shape index (κ3) is 5.39. The summed E-state index contributed by atoms with van der Waals surface area (Å²) in [6.45, 7) is 6.70. The molecule has 2 nitrogen and oxygen atoms in total. The van der Waals surface area contributed by atoms with E-state index in [4.69, 9.17) is 20.9 Å². The van der Waals surface area contributed by atoms with Crippen LogP contribution in [0, 0.1) is 0 Å². The van der Waals surface area contributed by atoms with Gasteiger partial charge in [0.1, 0.15) is 7.22 Å². The van der Waals surface area contributed by atoms with E-state index in [1.54, 1.807) is 25.1 Å². The van der Waals surface area contributed by atoms with Gasteiger partial charge in [-0.15, -0.1) is 0 Å². The van der Waals surface area contributed by atoms with Crippen LogP contribution < -0.4 is 0 Å². The van der Waals surface area contributed by atoms with Crippen LogP contribution in [0.3, 0.4) is 0 Å². The zero-order valence-electron chi connectivity index (χ0n) is 7.58. The molecule has 0 rings (SSSR count). The molecule has 0 unspecified atom stereocenters. The molecule has 0 atom stereocenters. The number of hydrogen-bond acceptors (Lipinski definition) is 4. The van der Waals surface area contributed by atoms with E-state index in [2.05, 4.69) is 19.6 Å². The number of hydrogen-bond donors (Lipinski definition) is 0. The van der Waals surface area contributed by atoms with E-state index in [0.29, 0.717) is 0 Å². The summed E-state index contributed by atoms with van der Waals surface area (Å²) >= 11 is 5.22. The van der Waals surface area contributed by atoms with Crippen molar-refractivity contribution in [2.75, 3.05) is 14.2 Å². The summed E-state index contributed by atoms with van der Waals surface area (Å²) < 4.78 is 10.3. The Labute approximate surface area is 78.6 Å². The van der Waals surface area contributed by atoms with Crippen molar-refractivity contribution in [3.05, 3.63) is 0 Å². The van der Waals surface area contributed by atoms with Crippen molar-refractivity contribution in [2.45, 2.75) is 19.6 Å². The Morgan fingerprint density at radius 2 is 1.55 bits per heavy atom. The van der Waals surface area contributed by atoms with E-state index < -0.39 is 12.9 Å². The van der Waals surface area contributed by atoms with Crippen LogP contribution in [0.25, 0.3) is 0 Å². The second-order valence-corrected chi connectivity index (χ2v) is 18.5. The summed E-state index contributed by atoms with van der Waals surface area (Å²) in [6.07, 6.45) is 0. The highest BCUT2D eigenvalue weighted by atomic mass is 33.0. The van der Waals surface area contributed by atoms with Gasteiger partial charge in [-0.2, -0.15) is 0 Å². The Bertz CT molecular complexity index is 160. The highest BCUT2D eigenvalue weighted by molar-refractivity contribution is 8.79. The second-order valence-electron chi connectivity index (χ2n) is 3.02. The Hall–Kier alpha value is 1.14. The van der Waals surface area contributed by atoms with Crippen molar-refractivity contribution in [3.8, 4) is 0 Å². The fourth-order valence-electron chi connectivity index (χ4n) is 0.484.